The minimum atomic E-state index is 0.421. The molecule has 0 saturated carbocycles. The van der Waals surface area contributed by atoms with Gasteiger partial charge in [0.1, 0.15) is 6.33 Å². The highest BCUT2D eigenvalue weighted by Gasteiger charge is 2.10. The average molecular weight is 224 g/mol. The summed E-state index contributed by atoms with van der Waals surface area (Å²) in [4.78, 5) is 12.1. The molecule has 0 N–H and O–H groups in total. The fourth-order valence-electron chi connectivity index (χ4n) is 1.45. The van der Waals surface area contributed by atoms with E-state index in [1.165, 1.54) is 6.33 Å². The zero-order chi connectivity index (χ0) is 11.5. The molecular formula is C12H8N4O. The molecule has 0 aliphatic heterocycles. The number of nitrogens with zero attached hydrogens (tertiary/aromatic N) is 4. The number of aromatic nitrogens is 4. The lowest BCUT2D eigenvalue weighted by atomic mass is 10.2. The number of hydrogen-bond acceptors (Lipinski definition) is 5. The van der Waals surface area contributed by atoms with Crippen LogP contribution < -0.4 is 0 Å². The van der Waals surface area contributed by atoms with Gasteiger partial charge >= 0.3 is 0 Å². The van der Waals surface area contributed by atoms with Crippen molar-refractivity contribution in [2.45, 2.75) is 0 Å². The van der Waals surface area contributed by atoms with E-state index in [0.717, 1.165) is 5.56 Å². The highest BCUT2D eigenvalue weighted by Crippen LogP contribution is 2.20. The Morgan fingerprint density at radius 3 is 2.41 bits per heavy atom. The van der Waals surface area contributed by atoms with Crippen molar-refractivity contribution in [1.29, 1.82) is 0 Å². The number of rotatable bonds is 2. The molecule has 2 aromatic heterocycles. The molecule has 3 rings (SSSR count). The summed E-state index contributed by atoms with van der Waals surface area (Å²) in [6.07, 6.45) is 4.72. The largest absolute Gasteiger partial charge is 0.333 e. The summed E-state index contributed by atoms with van der Waals surface area (Å²) in [7, 11) is 0. The van der Waals surface area contributed by atoms with Crippen LogP contribution in [-0.2, 0) is 0 Å². The van der Waals surface area contributed by atoms with Crippen molar-refractivity contribution in [3.05, 3.63) is 49.1 Å². The Bertz CT molecular complexity index is 553. The third kappa shape index (κ3) is 1.90. The van der Waals surface area contributed by atoms with E-state index in [4.69, 9.17) is 4.52 Å². The van der Waals surface area contributed by atoms with Gasteiger partial charge in [0.2, 0.25) is 5.82 Å². The van der Waals surface area contributed by atoms with Gasteiger partial charge in [0, 0.05) is 18.0 Å². The van der Waals surface area contributed by atoms with Crippen LogP contribution in [0, 0.1) is 0 Å². The van der Waals surface area contributed by atoms with Crippen molar-refractivity contribution in [2.75, 3.05) is 0 Å². The van der Waals surface area contributed by atoms with Crippen LogP contribution in [0.25, 0.3) is 22.8 Å². The Morgan fingerprint density at radius 2 is 1.65 bits per heavy atom. The van der Waals surface area contributed by atoms with Crippen LogP contribution >= 0.6 is 0 Å². The van der Waals surface area contributed by atoms with Crippen molar-refractivity contribution in [2.24, 2.45) is 0 Å². The first-order chi connectivity index (χ1) is 8.43. The molecule has 5 heteroatoms. The number of benzene rings is 1. The van der Waals surface area contributed by atoms with E-state index >= 15 is 0 Å². The van der Waals surface area contributed by atoms with Gasteiger partial charge in [-0.1, -0.05) is 35.5 Å². The molecule has 0 amide bonds. The quantitative estimate of drug-likeness (QED) is 0.667. The predicted molar refractivity (Wildman–Crippen MR) is 60.8 cm³/mol. The summed E-state index contributed by atoms with van der Waals surface area (Å²) < 4.78 is 5.16. The first-order valence-corrected chi connectivity index (χ1v) is 5.08. The molecule has 0 bridgehead atoms. The van der Waals surface area contributed by atoms with Gasteiger partial charge in [-0.3, -0.25) is 0 Å². The Morgan fingerprint density at radius 1 is 0.882 bits per heavy atom. The lowest BCUT2D eigenvalue weighted by Gasteiger charge is -1.91. The Hall–Kier alpha value is -2.56. The fraction of sp³-hybridized carbons (Fsp3) is 0. The number of hydrogen-bond donors (Lipinski definition) is 0. The molecule has 1 aromatic carbocycles. The molecule has 82 valence electrons. The molecular weight excluding hydrogens is 216 g/mol. The van der Waals surface area contributed by atoms with E-state index < -0.39 is 0 Å². The average Bonchev–Trinajstić information content (AvgIpc) is 2.90. The van der Waals surface area contributed by atoms with Gasteiger partial charge in [0.15, 0.2) is 0 Å². The van der Waals surface area contributed by atoms with Gasteiger partial charge in [0.25, 0.3) is 5.89 Å². The van der Waals surface area contributed by atoms with Crippen LogP contribution in [0.4, 0.5) is 0 Å². The predicted octanol–water partition coefficient (Wildman–Crippen LogP) is 2.19. The van der Waals surface area contributed by atoms with E-state index in [1.54, 1.807) is 12.4 Å². The fourth-order valence-corrected chi connectivity index (χ4v) is 1.45. The summed E-state index contributed by atoms with van der Waals surface area (Å²) >= 11 is 0. The summed E-state index contributed by atoms with van der Waals surface area (Å²) in [5.74, 6) is 0.980. The molecule has 3 aromatic rings. The van der Waals surface area contributed by atoms with Crippen LogP contribution in [-0.4, -0.2) is 20.1 Å². The molecule has 2 heterocycles. The monoisotopic (exact) mass is 224 g/mol. The van der Waals surface area contributed by atoms with Crippen LogP contribution in [0.5, 0.6) is 0 Å². The molecule has 0 aliphatic rings. The highest BCUT2D eigenvalue weighted by molar-refractivity contribution is 5.58. The van der Waals surface area contributed by atoms with Crippen LogP contribution in [0.3, 0.4) is 0 Å². The third-order valence-electron chi connectivity index (χ3n) is 2.27. The van der Waals surface area contributed by atoms with E-state index in [2.05, 4.69) is 20.1 Å². The molecule has 17 heavy (non-hydrogen) atoms. The third-order valence-corrected chi connectivity index (χ3v) is 2.27. The smallest absolute Gasteiger partial charge is 0.261 e. The second kappa shape index (κ2) is 4.13. The van der Waals surface area contributed by atoms with Crippen molar-refractivity contribution < 1.29 is 4.52 Å². The Labute approximate surface area is 97.2 Å². The highest BCUT2D eigenvalue weighted by atomic mass is 16.5. The zero-order valence-electron chi connectivity index (χ0n) is 8.82. The van der Waals surface area contributed by atoms with E-state index in [-0.39, 0.29) is 0 Å². The van der Waals surface area contributed by atoms with Crippen molar-refractivity contribution in [1.82, 2.24) is 20.1 Å². The van der Waals surface area contributed by atoms with Crippen molar-refractivity contribution in [3.63, 3.8) is 0 Å². The SMILES string of the molecule is c1ccc(-c2noc(-c3cncnc3)n2)cc1. The van der Waals surface area contributed by atoms with Crippen LogP contribution in [0.1, 0.15) is 0 Å². The van der Waals surface area contributed by atoms with Gasteiger partial charge in [-0.15, -0.1) is 0 Å². The summed E-state index contributed by atoms with van der Waals surface area (Å²) in [5, 5.41) is 3.92. The van der Waals surface area contributed by atoms with E-state index in [1.807, 2.05) is 30.3 Å². The van der Waals surface area contributed by atoms with Crippen LogP contribution in [0.15, 0.2) is 53.6 Å². The van der Waals surface area contributed by atoms with Gasteiger partial charge < -0.3 is 4.52 Å². The maximum absolute atomic E-state index is 5.16. The first-order valence-electron chi connectivity index (χ1n) is 5.08. The molecule has 5 nitrogen and oxygen atoms in total. The molecule has 0 atom stereocenters. The lowest BCUT2D eigenvalue weighted by Crippen LogP contribution is -1.82. The Balaban J connectivity index is 1.99. The van der Waals surface area contributed by atoms with Gasteiger partial charge in [-0.25, -0.2) is 9.97 Å². The lowest BCUT2D eigenvalue weighted by molar-refractivity contribution is 0.432. The second-order valence-electron chi connectivity index (χ2n) is 3.42. The second-order valence-corrected chi connectivity index (χ2v) is 3.42. The minimum absolute atomic E-state index is 0.421. The van der Waals surface area contributed by atoms with E-state index in [0.29, 0.717) is 17.3 Å². The normalized spacial score (nSPS) is 10.4. The topological polar surface area (TPSA) is 64.7 Å². The molecule has 0 fully saturated rings. The maximum atomic E-state index is 5.16. The van der Waals surface area contributed by atoms with Gasteiger partial charge in [0.05, 0.1) is 5.56 Å². The Kier molecular flexibility index (Phi) is 2.34. The molecule has 0 radical (unpaired) electrons. The molecule has 0 aliphatic carbocycles. The summed E-state index contributed by atoms with van der Waals surface area (Å²) in [5.41, 5.74) is 1.63. The van der Waals surface area contributed by atoms with Crippen molar-refractivity contribution >= 4 is 0 Å². The molecule has 0 spiro atoms. The van der Waals surface area contributed by atoms with Gasteiger partial charge in [-0.2, -0.15) is 4.98 Å². The molecule has 0 unspecified atom stereocenters. The van der Waals surface area contributed by atoms with Gasteiger partial charge in [-0.05, 0) is 0 Å². The minimum Gasteiger partial charge on any atom is -0.333 e. The van der Waals surface area contributed by atoms with E-state index in [9.17, 15) is 0 Å². The summed E-state index contributed by atoms with van der Waals surface area (Å²) in [6, 6.07) is 9.65. The standard InChI is InChI=1S/C12H8N4O/c1-2-4-9(5-3-1)11-15-12(17-16-11)10-6-13-8-14-7-10/h1-8H. The molecule has 0 saturated heterocycles. The summed E-state index contributed by atoms with van der Waals surface area (Å²) in [6.45, 7) is 0. The zero-order valence-corrected chi connectivity index (χ0v) is 8.82. The van der Waals surface area contributed by atoms with Crippen LogP contribution in [0.2, 0.25) is 0 Å². The van der Waals surface area contributed by atoms with Crippen molar-refractivity contribution in [3.8, 4) is 22.8 Å². The maximum Gasteiger partial charge on any atom is 0.261 e. The first kappa shape index (κ1) is 9.65.